The van der Waals surface area contributed by atoms with Gasteiger partial charge in [-0.15, -0.1) is 5.10 Å². The first-order valence-corrected chi connectivity index (χ1v) is 7.42. The van der Waals surface area contributed by atoms with Crippen LogP contribution in [0.1, 0.15) is 6.92 Å². The van der Waals surface area contributed by atoms with Crippen LogP contribution in [0.4, 0.5) is 17.3 Å². The lowest BCUT2D eigenvalue weighted by molar-refractivity contribution is -0.725. The second kappa shape index (κ2) is 5.08. The zero-order valence-corrected chi connectivity index (χ0v) is 12.8. The molecule has 0 bridgehead atoms. The monoisotopic (exact) mass is 323 g/mol. The molecule has 0 aromatic carbocycles. The van der Waals surface area contributed by atoms with Crippen molar-refractivity contribution in [1.29, 1.82) is 0 Å². The van der Waals surface area contributed by atoms with E-state index in [4.69, 9.17) is 4.74 Å². The molecular formula is C13H19N6O4+. The highest BCUT2D eigenvalue weighted by Crippen LogP contribution is 2.37. The summed E-state index contributed by atoms with van der Waals surface area (Å²) in [4.78, 5) is 11.4. The third-order valence-corrected chi connectivity index (χ3v) is 4.58. The van der Waals surface area contributed by atoms with Crippen LogP contribution in [0.2, 0.25) is 0 Å². The van der Waals surface area contributed by atoms with Gasteiger partial charge < -0.3 is 20.1 Å². The average Bonchev–Trinajstić information content (AvgIpc) is 3.05. The first-order valence-electron chi connectivity index (χ1n) is 7.42. The second-order valence-corrected chi connectivity index (χ2v) is 5.94. The topological polar surface area (TPSA) is 119 Å². The van der Waals surface area contributed by atoms with Gasteiger partial charge in [0.15, 0.2) is 12.9 Å². The predicted molar refractivity (Wildman–Crippen MR) is 79.3 cm³/mol. The van der Waals surface area contributed by atoms with Gasteiger partial charge in [-0.1, -0.05) is 0 Å². The van der Waals surface area contributed by atoms with Gasteiger partial charge in [-0.25, -0.2) is 19.9 Å². The third-order valence-electron chi connectivity index (χ3n) is 4.58. The molecule has 10 nitrogen and oxygen atoms in total. The Kier molecular flexibility index (Phi) is 3.25. The molecule has 1 fully saturated rings. The molecule has 1 aromatic rings. The Morgan fingerprint density at radius 2 is 2.04 bits per heavy atom. The summed E-state index contributed by atoms with van der Waals surface area (Å²) in [5.74, 6) is 2.19. The Labute approximate surface area is 132 Å². The first-order chi connectivity index (χ1) is 11.0. The van der Waals surface area contributed by atoms with Crippen molar-refractivity contribution in [2.75, 3.05) is 30.2 Å². The van der Waals surface area contributed by atoms with E-state index in [1.807, 2.05) is 14.0 Å². The van der Waals surface area contributed by atoms with Crippen molar-refractivity contribution >= 4 is 23.2 Å². The fraction of sp³-hybridized carbons (Fsp3) is 0.615. The molecule has 0 saturated carbocycles. The summed E-state index contributed by atoms with van der Waals surface area (Å²) in [6.07, 6.45) is -2.42. The number of aromatic nitrogens is 2. The Hall–Kier alpha value is -1.85. The van der Waals surface area contributed by atoms with E-state index in [9.17, 15) is 15.3 Å². The number of amidine groups is 1. The van der Waals surface area contributed by atoms with Crippen LogP contribution in [0.25, 0.3) is 0 Å². The summed E-state index contributed by atoms with van der Waals surface area (Å²) in [7, 11) is 1.82. The molecule has 10 heteroatoms. The summed E-state index contributed by atoms with van der Waals surface area (Å²) < 4.78 is 5.64. The molecular weight excluding hydrogens is 304 g/mol. The summed E-state index contributed by atoms with van der Waals surface area (Å²) in [5.41, 5.74) is 0.875. The molecule has 1 aromatic heterocycles. The molecule has 3 aliphatic heterocycles. The van der Waals surface area contributed by atoms with Gasteiger partial charge in [0, 0.05) is 14.0 Å². The van der Waals surface area contributed by atoms with Crippen LogP contribution < -0.4 is 14.8 Å². The SMILES string of the molecule is CC1=NN(C)c2ncnc3c2[NH+]1CN3C1OC(CO)C(O)C1O. The van der Waals surface area contributed by atoms with Gasteiger partial charge in [-0.05, 0) is 0 Å². The summed E-state index contributed by atoms with van der Waals surface area (Å²) in [6, 6.07) is 0. The molecule has 0 spiro atoms. The van der Waals surface area contributed by atoms with Crippen molar-refractivity contribution in [1.82, 2.24) is 9.97 Å². The number of ether oxygens (including phenoxy) is 1. The van der Waals surface area contributed by atoms with Crippen LogP contribution >= 0.6 is 0 Å². The van der Waals surface area contributed by atoms with Gasteiger partial charge in [-0.3, -0.25) is 4.90 Å². The van der Waals surface area contributed by atoms with Crippen molar-refractivity contribution in [3.8, 4) is 0 Å². The second-order valence-electron chi connectivity index (χ2n) is 5.94. The quantitative estimate of drug-likeness (QED) is 0.454. The Morgan fingerprint density at radius 3 is 2.74 bits per heavy atom. The molecule has 4 N–H and O–H groups in total. The number of hydrazone groups is 1. The molecule has 124 valence electrons. The molecule has 5 atom stereocenters. The van der Waals surface area contributed by atoms with Gasteiger partial charge in [0.25, 0.3) is 0 Å². The van der Waals surface area contributed by atoms with Gasteiger partial charge in [0.05, 0.1) is 6.61 Å². The van der Waals surface area contributed by atoms with Crippen molar-refractivity contribution in [3.05, 3.63) is 6.33 Å². The number of nitrogens with zero attached hydrogens (tertiary/aromatic N) is 5. The van der Waals surface area contributed by atoms with E-state index in [0.29, 0.717) is 18.3 Å². The zero-order valence-electron chi connectivity index (χ0n) is 12.8. The molecule has 23 heavy (non-hydrogen) atoms. The molecule has 3 aliphatic rings. The lowest BCUT2D eigenvalue weighted by Gasteiger charge is -2.25. The van der Waals surface area contributed by atoms with E-state index in [1.54, 1.807) is 9.91 Å². The number of aliphatic hydroxyl groups excluding tert-OH is 3. The van der Waals surface area contributed by atoms with Gasteiger partial charge in [0.2, 0.25) is 23.2 Å². The van der Waals surface area contributed by atoms with E-state index in [2.05, 4.69) is 15.1 Å². The highest BCUT2D eigenvalue weighted by molar-refractivity contribution is 5.85. The minimum Gasteiger partial charge on any atom is -0.394 e. The Bertz CT molecular complexity index is 670. The highest BCUT2D eigenvalue weighted by atomic mass is 16.6. The number of hydrogen-bond donors (Lipinski definition) is 4. The number of hydrogen-bond acceptors (Lipinski definition) is 9. The average molecular weight is 323 g/mol. The fourth-order valence-corrected chi connectivity index (χ4v) is 3.40. The van der Waals surface area contributed by atoms with Crippen molar-refractivity contribution in [3.63, 3.8) is 0 Å². The van der Waals surface area contributed by atoms with Crippen LogP contribution in [0.5, 0.6) is 0 Å². The maximum absolute atomic E-state index is 10.3. The van der Waals surface area contributed by atoms with E-state index in [1.165, 1.54) is 6.33 Å². The largest absolute Gasteiger partial charge is 0.394 e. The van der Waals surface area contributed by atoms with Crippen molar-refractivity contribution < 1.29 is 25.0 Å². The Morgan fingerprint density at radius 1 is 1.30 bits per heavy atom. The Balaban J connectivity index is 1.74. The lowest BCUT2D eigenvalue weighted by atomic mass is 10.1. The molecule has 5 unspecified atom stereocenters. The van der Waals surface area contributed by atoms with Crippen LogP contribution in [-0.4, -0.2) is 76.0 Å². The maximum atomic E-state index is 10.3. The molecule has 4 rings (SSSR count). The number of aliphatic hydroxyl groups is 3. The van der Waals surface area contributed by atoms with E-state index in [-0.39, 0.29) is 6.61 Å². The smallest absolute Gasteiger partial charge is 0.226 e. The van der Waals surface area contributed by atoms with Crippen LogP contribution in [-0.2, 0) is 4.74 Å². The molecule has 0 amide bonds. The lowest BCUT2D eigenvalue weighted by Crippen LogP contribution is -3.10. The van der Waals surface area contributed by atoms with Crippen LogP contribution in [0.15, 0.2) is 11.4 Å². The zero-order chi connectivity index (χ0) is 16.3. The van der Waals surface area contributed by atoms with E-state index < -0.39 is 24.5 Å². The molecule has 0 aliphatic carbocycles. The number of quaternary nitrogens is 1. The van der Waals surface area contributed by atoms with Gasteiger partial charge in [-0.2, -0.15) is 0 Å². The number of anilines is 2. The van der Waals surface area contributed by atoms with Crippen LogP contribution in [0.3, 0.4) is 0 Å². The number of nitrogens with one attached hydrogen (secondary N) is 1. The summed E-state index contributed by atoms with van der Waals surface area (Å²) in [6.45, 7) is 2.01. The van der Waals surface area contributed by atoms with Crippen LogP contribution in [0, 0.1) is 0 Å². The minimum atomic E-state index is -1.14. The minimum absolute atomic E-state index is 0.357. The van der Waals surface area contributed by atoms with E-state index in [0.717, 1.165) is 16.4 Å². The van der Waals surface area contributed by atoms with Crippen molar-refractivity contribution in [2.24, 2.45) is 5.10 Å². The highest BCUT2D eigenvalue weighted by Gasteiger charge is 2.51. The van der Waals surface area contributed by atoms with Crippen molar-refractivity contribution in [2.45, 2.75) is 31.5 Å². The van der Waals surface area contributed by atoms with E-state index >= 15 is 0 Å². The normalized spacial score (nSPS) is 35.5. The van der Waals surface area contributed by atoms with Gasteiger partial charge >= 0.3 is 0 Å². The van der Waals surface area contributed by atoms with Gasteiger partial charge in [0.1, 0.15) is 24.6 Å². The predicted octanol–water partition coefficient (Wildman–Crippen LogP) is -3.01. The first kappa shape index (κ1) is 14.7. The maximum Gasteiger partial charge on any atom is 0.226 e. The molecule has 0 radical (unpaired) electrons. The molecule has 4 heterocycles. The molecule has 1 saturated heterocycles. The summed E-state index contributed by atoms with van der Waals surface area (Å²) in [5, 5.41) is 35.7. The number of rotatable bonds is 2. The summed E-state index contributed by atoms with van der Waals surface area (Å²) >= 11 is 0. The fourth-order valence-electron chi connectivity index (χ4n) is 3.40. The standard InChI is InChI=1S/C13H18N6O4/c1-6-16-17(2)11-8-12(15-4-14-11)19(5-18(6)8)13-10(22)9(21)7(3-20)23-13/h4,7,9-10,13,20-22H,3,5H2,1-2H3/p+1. The third kappa shape index (κ3) is 1.96.